The monoisotopic (exact) mass is 490 g/mol. The molecule has 0 aliphatic heterocycles. The minimum Gasteiger partial charge on any atom is -0.483 e. The van der Waals surface area contributed by atoms with E-state index >= 15 is 0 Å². The molecule has 6 heteroatoms. The van der Waals surface area contributed by atoms with Gasteiger partial charge in [0, 0.05) is 12.5 Å². The highest BCUT2D eigenvalue weighted by Crippen LogP contribution is 2.38. The van der Waals surface area contributed by atoms with Crippen molar-refractivity contribution in [2.24, 2.45) is 5.92 Å². The Morgan fingerprint density at radius 1 is 0.944 bits per heavy atom. The van der Waals surface area contributed by atoms with Crippen LogP contribution in [-0.2, 0) is 11.2 Å². The van der Waals surface area contributed by atoms with Crippen LogP contribution < -0.4 is 14.2 Å². The molecule has 5 nitrogen and oxygen atoms in total. The van der Waals surface area contributed by atoms with Crippen molar-refractivity contribution in [2.45, 2.75) is 52.1 Å². The van der Waals surface area contributed by atoms with Gasteiger partial charge in [-0.3, -0.25) is 4.79 Å². The third kappa shape index (κ3) is 6.66. The molecule has 0 spiro atoms. The van der Waals surface area contributed by atoms with E-state index in [2.05, 4.69) is 6.92 Å². The Labute approximate surface area is 211 Å². The maximum atomic E-state index is 14.6. The molecule has 4 rings (SSSR count). The molecule has 3 aromatic rings. The molecular formula is C30H31FO5. The first-order chi connectivity index (χ1) is 17.4. The molecule has 0 saturated carbocycles. The highest BCUT2D eigenvalue weighted by Gasteiger charge is 2.23. The number of carboxylic acid groups (broad SMARTS) is 1. The zero-order chi connectivity index (χ0) is 25.5. The second kappa shape index (κ2) is 11.8. The number of para-hydroxylation sites is 1. The summed E-state index contributed by atoms with van der Waals surface area (Å²) >= 11 is 0. The van der Waals surface area contributed by atoms with Gasteiger partial charge >= 0.3 is 5.97 Å². The highest BCUT2D eigenvalue weighted by molar-refractivity contribution is 5.66. The van der Waals surface area contributed by atoms with Gasteiger partial charge in [0.25, 0.3) is 0 Å². The first-order valence-electron chi connectivity index (χ1n) is 12.3. The van der Waals surface area contributed by atoms with Crippen LogP contribution in [0.4, 0.5) is 4.39 Å². The van der Waals surface area contributed by atoms with Crippen LogP contribution in [0.3, 0.4) is 0 Å². The lowest BCUT2D eigenvalue weighted by atomic mass is 9.84. The van der Waals surface area contributed by atoms with Crippen LogP contribution in [0.15, 0.2) is 78.4 Å². The fourth-order valence-corrected chi connectivity index (χ4v) is 4.35. The summed E-state index contributed by atoms with van der Waals surface area (Å²) in [5.74, 6) is 1.29. The van der Waals surface area contributed by atoms with Crippen LogP contribution in [0.1, 0.15) is 45.1 Å². The van der Waals surface area contributed by atoms with Crippen molar-refractivity contribution in [3.05, 3.63) is 89.8 Å². The van der Waals surface area contributed by atoms with Crippen LogP contribution in [0.25, 0.3) is 0 Å². The number of carbonyl (C=O) groups is 1. The van der Waals surface area contributed by atoms with Crippen molar-refractivity contribution in [3.8, 4) is 28.7 Å². The van der Waals surface area contributed by atoms with Crippen LogP contribution in [0.5, 0.6) is 28.7 Å². The smallest absolute Gasteiger partial charge is 0.303 e. The number of hydrogen-bond acceptors (Lipinski definition) is 4. The molecule has 0 fully saturated rings. The van der Waals surface area contributed by atoms with E-state index in [1.807, 2.05) is 61.5 Å². The lowest BCUT2D eigenvalue weighted by Crippen LogP contribution is -2.22. The zero-order valence-electron chi connectivity index (χ0n) is 20.6. The number of benzene rings is 3. The number of rotatable bonds is 10. The molecule has 0 saturated heterocycles. The van der Waals surface area contributed by atoms with Crippen molar-refractivity contribution in [1.82, 2.24) is 0 Å². The summed E-state index contributed by atoms with van der Waals surface area (Å²) in [5, 5.41) is 8.95. The predicted molar refractivity (Wildman–Crippen MR) is 137 cm³/mol. The summed E-state index contributed by atoms with van der Waals surface area (Å²) in [7, 11) is 0. The number of aliphatic carboxylic acids is 1. The lowest BCUT2D eigenvalue weighted by molar-refractivity contribution is -0.137. The molecule has 0 heterocycles. The summed E-state index contributed by atoms with van der Waals surface area (Å²) in [6.07, 6.45) is 4.79. The third-order valence-corrected chi connectivity index (χ3v) is 6.40. The minimum atomic E-state index is -0.790. The van der Waals surface area contributed by atoms with E-state index in [0.29, 0.717) is 35.8 Å². The van der Waals surface area contributed by atoms with Gasteiger partial charge in [-0.25, -0.2) is 4.39 Å². The second-order valence-corrected chi connectivity index (χ2v) is 9.02. The molecular weight excluding hydrogens is 459 g/mol. The molecule has 1 aliphatic rings. The number of aryl methyl sites for hydroxylation is 1. The first-order valence-corrected chi connectivity index (χ1v) is 12.3. The second-order valence-electron chi connectivity index (χ2n) is 9.02. The number of hydrogen-bond donors (Lipinski definition) is 1. The Kier molecular flexibility index (Phi) is 8.26. The van der Waals surface area contributed by atoms with Crippen LogP contribution in [0, 0.1) is 11.7 Å². The van der Waals surface area contributed by atoms with Crippen molar-refractivity contribution in [1.29, 1.82) is 0 Å². The Morgan fingerprint density at radius 2 is 1.72 bits per heavy atom. The maximum absolute atomic E-state index is 14.6. The predicted octanol–water partition coefficient (Wildman–Crippen LogP) is 7.94. The molecule has 1 aliphatic carbocycles. The fraction of sp³-hybridized carbons (Fsp3) is 0.300. The van der Waals surface area contributed by atoms with Crippen molar-refractivity contribution in [3.63, 3.8) is 0 Å². The van der Waals surface area contributed by atoms with Crippen molar-refractivity contribution >= 4 is 5.97 Å². The molecule has 3 aromatic carbocycles. The first kappa shape index (κ1) is 25.3. The molecule has 188 valence electrons. The normalized spacial score (nSPS) is 17.2. The van der Waals surface area contributed by atoms with Gasteiger partial charge in [0.1, 0.15) is 17.6 Å². The van der Waals surface area contributed by atoms with Gasteiger partial charge < -0.3 is 19.3 Å². The molecule has 1 N–H and O–H groups in total. The standard InChI is InChI=1S/C30H31FO5/c1-3-21-9-15-27(29(18-21)34-23-7-5-4-6-8-23)35-25-13-14-26(31)28(19-25)36-24-12-10-22(20(2)17-24)11-16-30(32)33/h4-9,13-15,17-19,22,24H,3,10-12,16H2,1-2H3,(H,32,33). The summed E-state index contributed by atoms with van der Waals surface area (Å²) in [4.78, 5) is 10.9. The van der Waals surface area contributed by atoms with E-state index in [0.717, 1.165) is 24.0 Å². The van der Waals surface area contributed by atoms with Crippen molar-refractivity contribution in [2.75, 3.05) is 0 Å². The number of halogens is 1. The number of carboxylic acids is 1. The summed E-state index contributed by atoms with van der Waals surface area (Å²) in [6.45, 7) is 4.05. The van der Waals surface area contributed by atoms with Gasteiger partial charge in [0.05, 0.1) is 0 Å². The van der Waals surface area contributed by atoms with Gasteiger partial charge in [-0.05, 0) is 86.6 Å². The summed E-state index contributed by atoms with van der Waals surface area (Å²) < 4.78 is 32.8. The fourth-order valence-electron chi connectivity index (χ4n) is 4.35. The molecule has 0 radical (unpaired) electrons. The van der Waals surface area contributed by atoms with Gasteiger partial charge in [0.2, 0.25) is 0 Å². The van der Waals surface area contributed by atoms with E-state index < -0.39 is 11.8 Å². The molecule has 0 aromatic heterocycles. The number of ether oxygens (including phenoxy) is 3. The van der Waals surface area contributed by atoms with Gasteiger partial charge in [-0.1, -0.05) is 36.8 Å². The van der Waals surface area contributed by atoms with Gasteiger partial charge in [-0.15, -0.1) is 0 Å². The van der Waals surface area contributed by atoms with E-state index in [1.54, 1.807) is 12.1 Å². The average Bonchev–Trinajstić information content (AvgIpc) is 2.87. The SMILES string of the molecule is CCc1ccc(Oc2ccc(F)c(OC3C=C(C)C(CCC(=O)O)CC3)c2)c(Oc2ccccc2)c1. The lowest BCUT2D eigenvalue weighted by Gasteiger charge is -2.27. The molecule has 0 bridgehead atoms. The molecule has 36 heavy (non-hydrogen) atoms. The highest BCUT2D eigenvalue weighted by atomic mass is 19.1. The van der Waals surface area contributed by atoms with E-state index in [4.69, 9.17) is 19.3 Å². The quantitative estimate of drug-likeness (QED) is 0.292. The van der Waals surface area contributed by atoms with Crippen LogP contribution in [-0.4, -0.2) is 17.2 Å². The number of allylic oxidation sites excluding steroid dienone is 1. The van der Waals surface area contributed by atoms with Crippen LogP contribution in [0.2, 0.25) is 0 Å². The van der Waals surface area contributed by atoms with E-state index in [-0.39, 0.29) is 24.2 Å². The van der Waals surface area contributed by atoms with E-state index in [1.165, 1.54) is 6.07 Å². The summed E-state index contributed by atoms with van der Waals surface area (Å²) in [5.41, 5.74) is 2.19. The third-order valence-electron chi connectivity index (χ3n) is 6.40. The Balaban J connectivity index is 1.50. The zero-order valence-corrected chi connectivity index (χ0v) is 20.6. The minimum absolute atomic E-state index is 0.112. The topological polar surface area (TPSA) is 65.0 Å². The Bertz CT molecular complexity index is 1220. The molecule has 2 unspecified atom stereocenters. The Morgan fingerprint density at radius 3 is 2.44 bits per heavy atom. The molecule has 2 atom stereocenters. The van der Waals surface area contributed by atoms with Gasteiger partial charge in [0.15, 0.2) is 23.1 Å². The van der Waals surface area contributed by atoms with Crippen molar-refractivity contribution < 1.29 is 28.5 Å². The molecule has 0 amide bonds. The van der Waals surface area contributed by atoms with E-state index in [9.17, 15) is 9.18 Å². The van der Waals surface area contributed by atoms with Gasteiger partial charge in [-0.2, -0.15) is 0 Å². The Hall–Kier alpha value is -3.80. The van der Waals surface area contributed by atoms with Crippen LogP contribution >= 0.6 is 0 Å². The average molecular weight is 491 g/mol. The summed E-state index contributed by atoms with van der Waals surface area (Å²) in [6, 6.07) is 19.7. The maximum Gasteiger partial charge on any atom is 0.303 e. The largest absolute Gasteiger partial charge is 0.483 e.